The van der Waals surface area contributed by atoms with Gasteiger partial charge in [-0.15, -0.1) is 13.2 Å². The third-order valence-corrected chi connectivity index (χ3v) is 0.801. The summed E-state index contributed by atoms with van der Waals surface area (Å²) in [6.45, 7) is 8.15. The summed E-state index contributed by atoms with van der Waals surface area (Å²) in [4.78, 5) is 0. The molecule has 0 aromatic carbocycles. The first-order valence-electron chi connectivity index (χ1n) is 3.09. The minimum atomic E-state index is -4.67. The van der Waals surface area contributed by atoms with Crippen LogP contribution in [-0.2, 0) is 4.74 Å². The van der Waals surface area contributed by atoms with E-state index in [4.69, 9.17) is 0 Å². The maximum Gasteiger partial charge on any atom is 0.573 e. The van der Waals surface area contributed by atoms with E-state index in [1.807, 2.05) is 0 Å². The first-order chi connectivity index (χ1) is 5.31. The summed E-state index contributed by atoms with van der Waals surface area (Å²) >= 11 is 0. The van der Waals surface area contributed by atoms with Crippen LogP contribution in [0.3, 0.4) is 0 Å². The van der Waals surface area contributed by atoms with Crippen LogP contribution < -0.4 is 0 Å². The summed E-state index contributed by atoms with van der Waals surface area (Å²) in [6, 6.07) is 0. The van der Waals surface area contributed by atoms with Crippen LogP contribution in [0, 0.1) is 0 Å². The number of halogens is 3. The predicted octanol–water partition coefficient (Wildman–Crippen LogP) is 3.17. The zero-order valence-electron chi connectivity index (χ0n) is 6.61. The molecule has 0 aromatic rings. The molecule has 0 aromatic heterocycles. The average molecular weight is 178 g/mol. The van der Waals surface area contributed by atoms with Crippen LogP contribution in [0.15, 0.2) is 36.6 Å². The highest BCUT2D eigenvalue weighted by molar-refractivity contribution is 5.19. The number of allylic oxidation sites excluding steroid dienone is 3. The van der Waals surface area contributed by atoms with Gasteiger partial charge in [-0.05, 0) is 13.0 Å². The predicted molar refractivity (Wildman–Crippen MR) is 40.2 cm³/mol. The lowest BCUT2D eigenvalue weighted by Crippen LogP contribution is -2.11. The SMILES string of the molecule is C=C(C)/C=C\C(=C)OC(F)(F)F. The lowest BCUT2D eigenvalue weighted by Gasteiger charge is -2.07. The molecule has 0 saturated carbocycles. The highest BCUT2D eigenvalue weighted by Gasteiger charge is 2.30. The molecule has 4 heteroatoms. The van der Waals surface area contributed by atoms with Crippen molar-refractivity contribution in [1.29, 1.82) is 0 Å². The second-order valence-corrected chi connectivity index (χ2v) is 2.19. The topological polar surface area (TPSA) is 9.23 Å². The fourth-order valence-corrected chi connectivity index (χ4v) is 0.418. The Morgan fingerprint density at radius 2 is 1.75 bits per heavy atom. The third-order valence-electron chi connectivity index (χ3n) is 0.801. The first-order valence-corrected chi connectivity index (χ1v) is 3.09. The molecular formula is C8H9F3O. The quantitative estimate of drug-likeness (QED) is 0.476. The molecule has 12 heavy (non-hydrogen) atoms. The van der Waals surface area contributed by atoms with E-state index in [2.05, 4.69) is 17.9 Å². The van der Waals surface area contributed by atoms with Gasteiger partial charge in [0.05, 0.1) is 0 Å². The third kappa shape index (κ3) is 6.92. The molecule has 0 rings (SSSR count). The van der Waals surface area contributed by atoms with Crippen LogP contribution in [0.1, 0.15) is 6.92 Å². The van der Waals surface area contributed by atoms with Crippen LogP contribution in [-0.4, -0.2) is 6.36 Å². The van der Waals surface area contributed by atoms with Gasteiger partial charge in [-0.3, -0.25) is 0 Å². The molecule has 0 heterocycles. The summed E-state index contributed by atoms with van der Waals surface area (Å²) in [5, 5.41) is 0. The van der Waals surface area contributed by atoms with E-state index in [-0.39, 0.29) is 0 Å². The van der Waals surface area contributed by atoms with Crippen molar-refractivity contribution < 1.29 is 17.9 Å². The average Bonchev–Trinajstić information content (AvgIpc) is 1.79. The van der Waals surface area contributed by atoms with E-state index < -0.39 is 12.1 Å². The molecule has 0 saturated heterocycles. The van der Waals surface area contributed by atoms with Gasteiger partial charge in [0, 0.05) is 0 Å². The summed E-state index contributed by atoms with van der Waals surface area (Å²) in [7, 11) is 0. The molecule has 0 radical (unpaired) electrons. The Hall–Kier alpha value is -1.19. The Morgan fingerprint density at radius 1 is 1.25 bits per heavy atom. The molecule has 0 atom stereocenters. The van der Waals surface area contributed by atoms with Crippen molar-refractivity contribution in [3.05, 3.63) is 36.6 Å². The molecule has 0 amide bonds. The largest absolute Gasteiger partial charge is 0.573 e. The molecule has 0 aliphatic carbocycles. The summed E-state index contributed by atoms with van der Waals surface area (Å²) in [5.74, 6) is -0.453. The Balaban J connectivity index is 3.99. The fraction of sp³-hybridized carbons (Fsp3) is 0.250. The normalized spacial score (nSPS) is 11.7. The van der Waals surface area contributed by atoms with Crippen LogP contribution >= 0.6 is 0 Å². The molecule has 0 N–H and O–H groups in total. The van der Waals surface area contributed by atoms with Crippen molar-refractivity contribution in [2.75, 3.05) is 0 Å². The lowest BCUT2D eigenvalue weighted by molar-refractivity contribution is -0.303. The van der Waals surface area contributed by atoms with Gasteiger partial charge in [0.1, 0.15) is 5.76 Å². The molecule has 1 nitrogen and oxygen atoms in total. The van der Waals surface area contributed by atoms with E-state index in [0.717, 1.165) is 6.08 Å². The van der Waals surface area contributed by atoms with E-state index in [9.17, 15) is 13.2 Å². The molecule has 0 aliphatic rings. The van der Waals surface area contributed by atoms with Gasteiger partial charge in [0.2, 0.25) is 0 Å². The van der Waals surface area contributed by atoms with Crippen LogP contribution in [0.2, 0.25) is 0 Å². The second kappa shape index (κ2) is 3.99. The van der Waals surface area contributed by atoms with E-state index >= 15 is 0 Å². The summed E-state index contributed by atoms with van der Waals surface area (Å²) in [6.07, 6.45) is -2.18. The number of ether oxygens (including phenoxy) is 1. The second-order valence-electron chi connectivity index (χ2n) is 2.19. The Kier molecular flexibility index (Phi) is 3.60. The molecule has 0 fully saturated rings. The Bertz CT molecular complexity index is 213. The summed E-state index contributed by atoms with van der Waals surface area (Å²) in [5.41, 5.74) is 0.627. The molecular weight excluding hydrogens is 169 g/mol. The highest BCUT2D eigenvalue weighted by Crippen LogP contribution is 2.20. The lowest BCUT2D eigenvalue weighted by atomic mass is 10.3. The zero-order chi connectivity index (χ0) is 9.78. The standard InChI is InChI=1S/C8H9F3O/c1-6(2)4-5-7(3)12-8(9,10)11/h4-5H,1,3H2,2H3/b5-4-. The monoisotopic (exact) mass is 178 g/mol. The fourth-order valence-electron chi connectivity index (χ4n) is 0.418. The minimum Gasteiger partial charge on any atom is -0.406 e. The molecule has 0 bridgehead atoms. The Morgan fingerprint density at radius 3 is 2.08 bits per heavy atom. The van der Waals surface area contributed by atoms with Crippen LogP contribution in [0.4, 0.5) is 13.2 Å². The molecule has 68 valence electrons. The molecule has 0 aliphatic heterocycles. The highest BCUT2D eigenvalue weighted by atomic mass is 19.4. The van der Waals surface area contributed by atoms with Gasteiger partial charge < -0.3 is 4.74 Å². The molecule has 0 unspecified atom stereocenters. The maximum absolute atomic E-state index is 11.5. The van der Waals surface area contributed by atoms with Gasteiger partial charge in [0.15, 0.2) is 0 Å². The van der Waals surface area contributed by atoms with Gasteiger partial charge >= 0.3 is 6.36 Å². The van der Waals surface area contributed by atoms with Crippen molar-refractivity contribution >= 4 is 0 Å². The van der Waals surface area contributed by atoms with Gasteiger partial charge in [0.25, 0.3) is 0 Å². The molecule has 0 spiro atoms. The number of alkyl halides is 3. The van der Waals surface area contributed by atoms with Crippen molar-refractivity contribution in [3.8, 4) is 0 Å². The van der Waals surface area contributed by atoms with E-state index in [1.54, 1.807) is 6.92 Å². The van der Waals surface area contributed by atoms with Crippen molar-refractivity contribution in [3.63, 3.8) is 0 Å². The van der Waals surface area contributed by atoms with Crippen LogP contribution in [0.25, 0.3) is 0 Å². The minimum absolute atomic E-state index is 0.453. The van der Waals surface area contributed by atoms with Crippen molar-refractivity contribution in [2.24, 2.45) is 0 Å². The van der Waals surface area contributed by atoms with E-state index in [1.165, 1.54) is 6.08 Å². The number of rotatable bonds is 3. The van der Waals surface area contributed by atoms with Gasteiger partial charge in [-0.2, -0.15) is 0 Å². The van der Waals surface area contributed by atoms with Crippen LogP contribution in [0.5, 0.6) is 0 Å². The van der Waals surface area contributed by atoms with E-state index in [0.29, 0.717) is 5.57 Å². The maximum atomic E-state index is 11.5. The summed E-state index contributed by atoms with van der Waals surface area (Å²) < 4.78 is 37.9. The number of hydrogen-bond donors (Lipinski definition) is 0. The first kappa shape index (κ1) is 10.8. The van der Waals surface area contributed by atoms with Gasteiger partial charge in [-0.1, -0.05) is 24.8 Å². The smallest absolute Gasteiger partial charge is 0.406 e. The zero-order valence-corrected chi connectivity index (χ0v) is 6.61. The van der Waals surface area contributed by atoms with Gasteiger partial charge in [-0.25, -0.2) is 0 Å². The Labute approximate surface area is 68.8 Å². The van der Waals surface area contributed by atoms with Crippen molar-refractivity contribution in [2.45, 2.75) is 13.3 Å². The number of hydrogen-bond acceptors (Lipinski definition) is 1. The van der Waals surface area contributed by atoms with Crippen molar-refractivity contribution in [1.82, 2.24) is 0 Å².